The van der Waals surface area contributed by atoms with Gasteiger partial charge in [-0.1, -0.05) is 48.9 Å². The average molecular weight is 352 g/mol. The van der Waals surface area contributed by atoms with Gasteiger partial charge in [-0.25, -0.2) is 5.43 Å². The molecule has 5 nitrogen and oxygen atoms in total. The van der Waals surface area contributed by atoms with Gasteiger partial charge in [0, 0.05) is 11.6 Å². The summed E-state index contributed by atoms with van der Waals surface area (Å²) in [6.45, 7) is -0.104. The van der Waals surface area contributed by atoms with Crippen molar-refractivity contribution in [1.82, 2.24) is 5.43 Å². The van der Waals surface area contributed by atoms with E-state index >= 15 is 0 Å². The van der Waals surface area contributed by atoms with Crippen LogP contribution in [0.1, 0.15) is 37.2 Å². The van der Waals surface area contributed by atoms with Gasteiger partial charge in [0.05, 0.1) is 7.11 Å². The van der Waals surface area contributed by atoms with Crippen molar-refractivity contribution >= 4 is 11.6 Å². The van der Waals surface area contributed by atoms with Gasteiger partial charge in [-0.2, -0.15) is 5.10 Å². The van der Waals surface area contributed by atoms with Gasteiger partial charge < -0.3 is 9.47 Å². The maximum absolute atomic E-state index is 12.1. The maximum Gasteiger partial charge on any atom is 0.277 e. The van der Waals surface area contributed by atoms with Gasteiger partial charge >= 0.3 is 0 Å². The highest BCUT2D eigenvalue weighted by molar-refractivity contribution is 5.92. The molecule has 0 unspecified atom stereocenters. The van der Waals surface area contributed by atoms with E-state index in [0.717, 1.165) is 25.0 Å². The van der Waals surface area contributed by atoms with Gasteiger partial charge in [-0.3, -0.25) is 4.79 Å². The van der Waals surface area contributed by atoms with Crippen LogP contribution in [-0.2, 0) is 4.79 Å². The highest BCUT2D eigenvalue weighted by Crippen LogP contribution is 2.30. The molecular weight excluding hydrogens is 328 g/mol. The van der Waals surface area contributed by atoms with Gasteiger partial charge in [0.15, 0.2) is 18.1 Å². The van der Waals surface area contributed by atoms with Gasteiger partial charge in [-0.05, 0) is 37.0 Å². The lowest BCUT2D eigenvalue weighted by atomic mass is 9.82. The predicted molar refractivity (Wildman–Crippen MR) is 102 cm³/mol. The molecule has 1 atom stereocenters. The van der Waals surface area contributed by atoms with Crippen LogP contribution in [0.5, 0.6) is 11.5 Å². The second kappa shape index (κ2) is 9.04. The molecule has 2 aromatic rings. The Morgan fingerprint density at radius 2 is 1.81 bits per heavy atom. The number of nitrogens with one attached hydrogen (secondary N) is 1. The van der Waals surface area contributed by atoms with Crippen molar-refractivity contribution in [3.63, 3.8) is 0 Å². The molecule has 1 aliphatic carbocycles. The molecular formula is C21H24N2O3. The van der Waals surface area contributed by atoms with Crippen LogP contribution in [0.25, 0.3) is 0 Å². The minimum Gasteiger partial charge on any atom is -0.493 e. The van der Waals surface area contributed by atoms with E-state index in [1.54, 1.807) is 19.2 Å². The normalized spacial score (nSPS) is 18.3. The smallest absolute Gasteiger partial charge is 0.277 e. The topological polar surface area (TPSA) is 59.9 Å². The number of nitrogens with zero attached hydrogens (tertiary/aromatic N) is 1. The van der Waals surface area contributed by atoms with Crippen molar-refractivity contribution in [2.75, 3.05) is 13.7 Å². The number of carbonyl (C=O) groups excluding carboxylic acids is 1. The molecule has 1 N–H and O–H groups in total. The Bertz CT molecular complexity index is 759. The summed E-state index contributed by atoms with van der Waals surface area (Å²) in [7, 11) is 1.57. The number of hydrogen-bond donors (Lipinski definition) is 1. The van der Waals surface area contributed by atoms with Crippen LogP contribution in [-0.4, -0.2) is 25.3 Å². The van der Waals surface area contributed by atoms with E-state index in [1.165, 1.54) is 12.0 Å². The molecule has 0 bridgehead atoms. The Morgan fingerprint density at radius 3 is 2.58 bits per heavy atom. The van der Waals surface area contributed by atoms with E-state index in [9.17, 15) is 4.79 Å². The third-order valence-electron chi connectivity index (χ3n) is 4.53. The van der Waals surface area contributed by atoms with E-state index in [4.69, 9.17) is 9.47 Å². The summed E-state index contributed by atoms with van der Waals surface area (Å²) < 4.78 is 10.7. The van der Waals surface area contributed by atoms with Crippen LogP contribution in [0.3, 0.4) is 0 Å². The summed E-state index contributed by atoms with van der Waals surface area (Å²) in [6.07, 6.45) is 4.27. The standard InChI is InChI=1S/C21H24N2O3/c1-25-19-13-7-8-14-20(19)26-15-21(24)23-22-18-12-6-5-11-17(18)16-9-3-2-4-10-16/h2-4,7-10,13-14,17H,5-6,11-12,15H2,1H3,(H,23,24)/b22-18-/t17-/m1/s1. The predicted octanol–water partition coefficient (Wildman–Crippen LogP) is 3.90. The molecule has 136 valence electrons. The maximum atomic E-state index is 12.1. The summed E-state index contributed by atoms with van der Waals surface area (Å²) >= 11 is 0. The van der Waals surface area contributed by atoms with Crippen LogP contribution in [0.15, 0.2) is 59.7 Å². The Hall–Kier alpha value is -2.82. The SMILES string of the molecule is COc1ccccc1OCC(=O)N/N=C1/CCCC[C@@H]1c1ccccc1. The van der Waals surface area contributed by atoms with Crippen molar-refractivity contribution in [2.45, 2.75) is 31.6 Å². The summed E-state index contributed by atoms with van der Waals surface area (Å²) in [5.74, 6) is 1.14. The average Bonchev–Trinajstić information content (AvgIpc) is 2.71. The molecule has 1 fully saturated rings. The lowest BCUT2D eigenvalue weighted by Crippen LogP contribution is -2.28. The fraction of sp³-hybridized carbons (Fsp3) is 0.333. The zero-order valence-electron chi connectivity index (χ0n) is 15.0. The van der Waals surface area contributed by atoms with E-state index in [0.29, 0.717) is 11.5 Å². The molecule has 0 aromatic heterocycles. The molecule has 0 aliphatic heterocycles. The number of amides is 1. The molecule has 5 heteroatoms. The number of ether oxygens (including phenoxy) is 2. The first kappa shape index (κ1) is 18.0. The minimum atomic E-state index is -0.277. The van der Waals surface area contributed by atoms with E-state index in [-0.39, 0.29) is 18.4 Å². The quantitative estimate of drug-likeness (QED) is 0.802. The van der Waals surface area contributed by atoms with E-state index in [2.05, 4.69) is 22.7 Å². The van der Waals surface area contributed by atoms with Crippen LogP contribution in [0.4, 0.5) is 0 Å². The molecule has 2 aromatic carbocycles. The largest absolute Gasteiger partial charge is 0.493 e. The number of hydrazone groups is 1. The number of hydrogen-bond acceptors (Lipinski definition) is 4. The van der Waals surface area contributed by atoms with Crippen LogP contribution in [0.2, 0.25) is 0 Å². The van der Waals surface area contributed by atoms with Crippen molar-refractivity contribution in [1.29, 1.82) is 0 Å². The molecule has 0 heterocycles. The first-order valence-corrected chi connectivity index (χ1v) is 8.94. The molecule has 3 rings (SSSR count). The van der Waals surface area contributed by atoms with Gasteiger partial charge in [0.2, 0.25) is 0 Å². The minimum absolute atomic E-state index is 0.104. The molecule has 0 saturated heterocycles. The van der Waals surface area contributed by atoms with Crippen LogP contribution < -0.4 is 14.9 Å². The molecule has 0 radical (unpaired) electrons. The number of carbonyl (C=O) groups is 1. The molecule has 1 amide bonds. The van der Waals surface area contributed by atoms with Gasteiger partial charge in [0.1, 0.15) is 0 Å². The van der Waals surface area contributed by atoms with E-state index in [1.807, 2.05) is 30.3 Å². The fourth-order valence-electron chi connectivity index (χ4n) is 3.22. The molecule has 0 spiro atoms. The Morgan fingerprint density at radius 1 is 1.08 bits per heavy atom. The van der Waals surface area contributed by atoms with Gasteiger partial charge in [0.25, 0.3) is 5.91 Å². The lowest BCUT2D eigenvalue weighted by Gasteiger charge is -2.24. The third kappa shape index (κ3) is 4.63. The van der Waals surface area contributed by atoms with Crippen molar-refractivity contribution in [2.24, 2.45) is 5.10 Å². The highest BCUT2D eigenvalue weighted by atomic mass is 16.5. The number of benzene rings is 2. The van der Waals surface area contributed by atoms with Crippen molar-refractivity contribution < 1.29 is 14.3 Å². The lowest BCUT2D eigenvalue weighted by molar-refractivity contribution is -0.123. The van der Waals surface area contributed by atoms with Gasteiger partial charge in [-0.15, -0.1) is 0 Å². The van der Waals surface area contributed by atoms with Crippen molar-refractivity contribution in [3.8, 4) is 11.5 Å². The number of para-hydroxylation sites is 2. The zero-order valence-corrected chi connectivity index (χ0v) is 15.0. The molecule has 1 saturated carbocycles. The van der Waals surface area contributed by atoms with Crippen LogP contribution >= 0.6 is 0 Å². The first-order chi connectivity index (χ1) is 12.8. The second-order valence-electron chi connectivity index (χ2n) is 6.29. The Labute approximate surface area is 154 Å². The fourth-order valence-corrected chi connectivity index (χ4v) is 3.22. The molecule has 26 heavy (non-hydrogen) atoms. The molecule has 1 aliphatic rings. The monoisotopic (exact) mass is 352 g/mol. The first-order valence-electron chi connectivity index (χ1n) is 8.94. The summed E-state index contributed by atoms with van der Waals surface area (Å²) in [6, 6.07) is 17.6. The van der Waals surface area contributed by atoms with E-state index < -0.39 is 0 Å². The second-order valence-corrected chi connectivity index (χ2v) is 6.29. The summed E-state index contributed by atoms with van der Waals surface area (Å²) in [5, 5.41) is 4.40. The highest BCUT2D eigenvalue weighted by Gasteiger charge is 2.22. The zero-order chi connectivity index (χ0) is 18.2. The Kier molecular flexibility index (Phi) is 6.25. The number of rotatable bonds is 6. The van der Waals surface area contributed by atoms with Crippen molar-refractivity contribution in [3.05, 3.63) is 60.2 Å². The number of methoxy groups -OCH3 is 1. The summed E-state index contributed by atoms with van der Waals surface area (Å²) in [5.41, 5.74) is 4.93. The van der Waals surface area contributed by atoms with Crippen LogP contribution in [0, 0.1) is 0 Å². The third-order valence-corrected chi connectivity index (χ3v) is 4.53. The summed E-state index contributed by atoms with van der Waals surface area (Å²) in [4.78, 5) is 12.1. The Balaban J connectivity index is 1.59.